The Balaban J connectivity index is 2.89. The molecule has 0 aliphatic heterocycles. The molecule has 0 aliphatic carbocycles. The van der Waals surface area contributed by atoms with Gasteiger partial charge in [-0.05, 0) is 24.3 Å². The number of hydrogen-bond acceptors (Lipinski definition) is 2. The molecular weight excluding hydrogens is 220 g/mol. The summed E-state index contributed by atoms with van der Waals surface area (Å²) in [6.45, 7) is 1.42. The first-order valence-corrected chi connectivity index (χ1v) is 4.21. The minimum atomic E-state index is -0.183. The molecule has 0 saturated heterocycles. The van der Waals surface area contributed by atoms with E-state index in [2.05, 4.69) is 15.9 Å². The van der Waals surface area contributed by atoms with Gasteiger partial charge in [0.15, 0.2) is 0 Å². The van der Waals surface area contributed by atoms with Gasteiger partial charge in [0.2, 0.25) is 5.91 Å². The Morgan fingerprint density at radius 1 is 1.42 bits per heavy atom. The van der Waals surface area contributed by atoms with E-state index in [-0.39, 0.29) is 5.91 Å². The zero-order valence-corrected chi connectivity index (χ0v) is 8.21. The molecule has 0 radical (unpaired) electrons. The first-order chi connectivity index (χ1) is 5.61. The lowest BCUT2D eigenvalue weighted by Crippen LogP contribution is -2.35. The molecule has 0 aromatic heterocycles. The second kappa shape index (κ2) is 3.69. The summed E-state index contributed by atoms with van der Waals surface area (Å²) >= 11 is 3.29. The number of hydrazine groups is 1. The van der Waals surface area contributed by atoms with Gasteiger partial charge < -0.3 is 0 Å². The van der Waals surface area contributed by atoms with Gasteiger partial charge in [-0.3, -0.25) is 4.79 Å². The number of amides is 1. The summed E-state index contributed by atoms with van der Waals surface area (Å²) in [6.07, 6.45) is 0. The molecule has 1 aromatic rings. The SMILES string of the molecule is CC(=O)N(N)c1ccc(Br)cc1. The van der Waals surface area contributed by atoms with Crippen LogP contribution in [-0.2, 0) is 4.79 Å². The smallest absolute Gasteiger partial charge is 0.238 e. The second-order valence-electron chi connectivity index (χ2n) is 2.37. The van der Waals surface area contributed by atoms with Crippen molar-refractivity contribution in [1.29, 1.82) is 0 Å². The molecule has 1 aromatic carbocycles. The highest BCUT2D eigenvalue weighted by molar-refractivity contribution is 9.10. The van der Waals surface area contributed by atoms with E-state index in [1.165, 1.54) is 6.92 Å². The van der Waals surface area contributed by atoms with Crippen LogP contribution in [0.4, 0.5) is 5.69 Å². The zero-order valence-electron chi connectivity index (χ0n) is 6.62. The minimum Gasteiger partial charge on any atom is -0.273 e. The van der Waals surface area contributed by atoms with Gasteiger partial charge in [-0.2, -0.15) is 0 Å². The standard InChI is InChI=1S/C8H9BrN2O/c1-6(12)11(10)8-4-2-7(9)3-5-8/h2-5H,10H2,1H3. The van der Waals surface area contributed by atoms with E-state index in [1.807, 2.05) is 12.1 Å². The Labute approximate surface area is 79.3 Å². The summed E-state index contributed by atoms with van der Waals surface area (Å²) in [7, 11) is 0. The molecule has 1 rings (SSSR count). The van der Waals surface area contributed by atoms with Crippen molar-refractivity contribution in [1.82, 2.24) is 0 Å². The number of benzene rings is 1. The predicted octanol–water partition coefficient (Wildman–Crippen LogP) is 1.68. The van der Waals surface area contributed by atoms with Gasteiger partial charge in [0.05, 0.1) is 5.69 Å². The molecule has 0 bridgehead atoms. The van der Waals surface area contributed by atoms with Crippen LogP contribution in [0.2, 0.25) is 0 Å². The van der Waals surface area contributed by atoms with Gasteiger partial charge in [-0.25, -0.2) is 10.9 Å². The maximum Gasteiger partial charge on any atom is 0.238 e. The maximum absolute atomic E-state index is 10.8. The third-order valence-corrected chi connectivity index (χ3v) is 1.97. The van der Waals surface area contributed by atoms with Gasteiger partial charge >= 0.3 is 0 Å². The fourth-order valence-corrected chi connectivity index (χ4v) is 1.05. The number of hydrogen-bond donors (Lipinski definition) is 1. The van der Waals surface area contributed by atoms with Gasteiger partial charge in [-0.15, -0.1) is 0 Å². The summed E-state index contributed by atoms with van der Waals surface area (Å²) in [5, 5.41) is 1.10. The van der Waals surface area contributed by atoms with E-state index in [0.29, 0.717) is 5.69 Å². The Morgan fingerprint density at radius 2 is 1.92 bits per heavy atom. The fourth-order valence-electron chi connectivity index (χ4n) is 0.783. The molecule has 12 heavy (non-hydrogen) atoms. The Bertz CT molecular complexity index is 284. The van der Waals surface area contributed by atoms with E-state index in [9.17, 15) is 4.79 Å². The van der Waals surface area contributed by atoms with E-state index >= 15 is 0 Å². The van der Waals surface area contributed by atoms with E-state index < -0.39 is 0 Å². The molecule has 2 N–H and O–H groups in total. The van der Waals surface area contributed by atoms with Crippen molar-refractivity contribution in [3.63, 3.8) is 0 Å². The summed E-state index contributed by atoms with van der Waals surface area (Å²) in [5.41, 5.74) is 0.686. The molecule has 0 saturated carbocycles. The molecule has 64 valence electrons. The largest absolute Gasteiger partial charge is 0.273 e. The summed E-state index contributed by atoms with van der Waals surface area (Å²) in [5.74, 6) is 5.27. The topological polar surface area (TPSA) is 46.3 Å². The van der Waals surface area contributed by atoms with E-state index in [4.69, 9.17) is 5.84 Å². The van der Waals surface area contributed by atoms with Crippen molar-refractivity contribution in [3.8, 4) is 0 Å². The molecule has 4 heteroatoms. The van der Waals surface area contributed by atoms with Crippen LogP contribution in [0.15, 0.2) is 28.7 Å². The lowest BCUT2D eigenvalue weighted by Gasteiger charge is -2.13. The van der Waals surface area contributed by atoms with Gasteiger partial charge in [-0.1, -0.05) is 15.9 Å². The quantitative estimate of drug-likeness (QED) is 0.452. The molecule has 3 nitrogen and oxygen atoms in total. The molecule has 0 atom stereocenters. The van der Waals surface area contributed by atoms with Gasteiger partial charge in [0, 0.05) is 11.4 Å². The normalized spacial score (nSPS) is 9.58. The molecular formula is C8H9BrN2O. The zero-order chi connectivity index (χ0) is 9.14. The lowest BCUT2D eigenvalue weighted by atomic mass is 10.3. The van der Waals surface area contributed by atoms with E-state index in [0.717, 1.165) is 9.48 Å². The van der Waals surface area contributed by atoms with Crippen LogP contribution in [0.5, 0.6) is 0 Å². The van der Waals surface area contributed by atoms with Crippen molar-refractivity contribution in [3.05, 3.63) is 28.7 Å². The van der Waals surface area contributed by atoms with Crippen molar-refractivity contribution in [2.45, 2.75) is 6.92 Å². The number of rotatable bonds is 1. The monoisotopic (exact) mass is 228 g/mol. The highest BCUT2D eigenvalue weighted by Crippen LogP contribution is 2.15. The van der Waals surface area contributed by atoms with Crippen molar-refractivity contribution in [2.24, 2.45) is 5.84 Å². The van der Waals surface area contributed by atoms with Crippen molar-refractivity contribution >= 4 is 27.5 Å². The first-order valence-electron chi connectivity index (χ1n) is 3.42. The summed E-state index contributed by atoms with van der Waals surface area (Å²) in [6, 6.07) is 7.20. The summed E-state index contributed by atoms with van der Waals surface area (Å²) < 4.78 is 0.961. The second-order valence-corrected chi connectivity index (χ2v) is 3.28. The Morgan fingerprint density at radius 3 is 2.33 bits per heavy atom. The Hall–Kier alpha value is -0.870. The number of halogens is 1. The highest BCUT2D eigenvalue weighted by Gasteiger charge is 2.04. The van der Waals surface area contributed by atoms with E-state index in [1.54, 1.807) is 12.1 Å². The molecule has 0 aliphatic rings. The van der Waals surface area contributed by atoms with Crippen LogP contribution in [0.3, 0.4) is 0 Å². The minimum absolute atomic E-state index is 0.183. The molecule has 0 unspecified atom stereocenters. The third-order valence-electron chi connectivity index (χ3n) is 1.44. The number of anilines is 1. The van der Waals surface area contributed by atoms with Gasteiger partial charge in [0.25, 0.3) is 0 Å². The molecule has 0 fully saturated rings. The summed E-state index contributed by atoms with van der Waals surface area (Å²) in [4.78, 5) is 10.8. The third kappa shape index (κ3) is 2.06. The van der Waals surface area contributed by atoms with Gasteiger partial charge in [0.1, 0.15) is 0 Å². The highest BCUT2D eigenvalue weighted by atomic mass is 79.9. The molecule has 0 spiro atoms. The average molecular weight is 229 g/mol. The van der Waals surface area contributed by atoms with Crippen LogP contribution in [0.1, 0.15) is 6.92 Å². The van der Waals surface area contributed by atoms with Crippen LogP contribution in [-0.4, -0.2) is 5.91 Å². The lowest BCUT2D eigenvalue weighted by molar-refractivity contribution is -0.116. The van der Waals surface area contributed by atoms with Crippen LogP contribution >= 0.6 is 15.9 Å². The van der Waals surface area contributed by atoms with Crippen molar-refractivity contribution in [2.75, 3.05) is 5.01 Å². The molecule has 0 heterocycles. The van der Waals surface area contributed by atoms with Crippen LogP contribution < -0.4 is 10.9 Å². The predicted molar refractivity (Wildman–Crippen MR) is 51.5 cm³/mol. The average Bonchev–Trinajstić information content (AvgIpc) is 2.04. The fraction of sp³-hybridized carbons (Fsp3) is 0.125. The number of carbonyl (C=O) groups excluding carboxylic acids is 1. The number of nitrogens with zero attached hydrogens (tertiary/aromatic N) is 1. The number of nitrogens with two attached hydrogens (primary N) is 1. The molecule has 1 amide bonds. The Kier molecular flexibility index (Phi) is 2.83. The van der Waals surface area contributed by atoms with Crippen molar-refractivity contribution < 1.29 is 4.79 Å². The first kappa shape index (κ1) is 9.22. The maximum atomic E-state index is 10.8. The van der Waals surface area contributed by atoms with Crippen LogP contribution in [0.25, 0.3) is 0 Å². The van der Waals surface area contributed by atoms with Crippen LogP contribution in [0, 0.1) is 0 Å². The number of carbonyl (C=O) groups is 1.